The third kappa shape index (κ3) is 5.54. The number of piperidine rings is 2. The molecule has 2 aliphatic heterocycles. The number of aromatic nitrogens is 1. The summed E-state index contributed by atoms with van der Waals surface area (Å²) in [7, 11) is -1.95. The van der Waals surface area contributed by atoms with Crippen molar-refractivity contribution < 1.29 is 17.9 Å². The van der Waals surface area contributed by atoms with Gasteiger partial charge in [0, 0.05) is 37.3 Å². The average Bonchev–Trinajstić information content (AvgIpc) is 2.93. The van der Waals surface area contributed by atoms with E-state index in [9.17, 15) is 13.2 Å². The minimum Gasteiger partial charge on any atom is -0.495 e. The molecule has 8 nitrogen and oxygen atoms in total. The van der Waals surface area contributed by atoms with E-state index in [1.165, 1.54) is 0 Å². The van der Waals surface area contributed by atoms with Crippen LogP contribution in [-0.4, -0.2) is 56.9 Å². The van der Waals surface area contributed by atoms with Gasteiger partial charge in [0.25, 0.3) is 0 Å². The fraction of sp³-hybridized carbons (Fsp3) is 0.407. The molecule has 37 heavy (non-hydrogen) atoms. The number of fused-ring (bicyclic) bond motifs is 1. The Labute approximate surface area is 222 Å². The van der Waals surface area contributed by atoms with Crippen LogP contribution in [-0.2, 0) is 14.8 Å². The first-order chi connectivity index (χ1) is 17.8. The van der Waals surface area contributed by atoms with Crippen LogP contribution in [0.4, 0.5) is 11.5 Å². The van der Waals surface area contributed by atoms with Crippen molar-refractivity contribution in [1.82, 2.24) is 9.29 Å². The third-order valence-electron chi connectivity index (χ3n) is 7.13. The van der Waals surface area contributed by atoms with Crippen LogP contribution in [0.15, 0.2) is 53.4 Å². The van der Waals surface area contributed by atoms with Crippen molar-refractivity contribution in [2.45, 2.75) is 37.0 Å². The number of hydrogen-bond donors (Lipinski definition) is 1. The minimum atomic E-state index is -3.50. The van der Waals surface area contributed by atoms with Gasteiger partial charge in [0.1, 0.15) is 11.6 Å². The molecule has 2 aliphatic rings. The topological polar surface area (TPSA) is 91.8 Å². The maximum Gasteiger partial charge on any atom is 0.243 e. The number of carbonyl (C=O) groups excluding carboxylic acids is 1. The molecule has 0 radical (unpaired) electrons. The van der Waals surface area contributed by atoms with Crippen LogP contribution < -0.4 is 15.0 Å². The Hall–Kier alpha value is -2.88. The fourth-order valence-corrected chi connectivity index (χ4v) is 6.88. The van der Waals surface area contributed by atoms with E-state index in [-0.39, 0.29) is 11.8 Å². The van der Waals surface area contributed by atoms with E-state index in [1.807, 2.05) is 12.1 Å². The number of carbonyl (C=O) groups is 1. The lowest BCUT2D eigenvalue weighted by molar-refractivity contribution is -0.120. The zero-order chi connectivity index (χ0) is 26.0. The number of ether oxygens (including phenoxy) is 1. The van der Waals surface area contributed by atoms with E-state index in [2.05, 4.69) is 10.2 Å². The van der Waals surface area contributed by atoms with Gasteiger partial charge in [-0.2, -0.15) is 4.31 Å². The maximum absolute atomic E-state index is 13.1. The van der Waals surface area contributed by atoms with E-state index in [1.54, 1.807) is 47.8 Å². The second kappa shape index (κ2) is 10.8. The zero-order valence-corrected chi connectivity index (χ0v) is 22.4. The molecule has 0 spiro atoms. The van der Waals surface area contributed by atoms with Crippen LogP contribution in [0.25, 0.3) is 10.9 Å². The molecule has 1 aromatic heterocycles. The normalized spacial score (nSPS) is 19.1. The van der Waals surface area contributed by atoms with E-state index >= 15 is 0 Å². The van der Waals surface area contributed by atoms with Gasteiger partial charge < -0.3 is 15.0 Å². The Bertz CT molecular complexity index is 1410. The smallest absolute Gasteiger partial charge is 0.243 e. The Morgan fingerprint density at radius 1 is 1.03 bits per heavy atom. The summed E-state index contributed by atoms with van der Waals surface area (Å²) in [5.41, 5.74) is 1.36. The molecule has 10 heteroatoms. The van der Waals surface area contributed by atoms with Crippen LogP contribution in [0.3, 0.4) is 0 Å². The first-order valence-corrected chi connectivity index (χ1v) is 14.5. The van der Waals surface area contributed by atoms with Crippen LogP contribution in [0, 0.1) is 5.92 Å². The van der Waals surface area contributed by atoms with Gasteiger partial charge in [-0.25, -0.2) is 13.4 Å². The van der Waals surface area contributed by atoms with Crippen LogP contribution in [0.1, 0.15) is 32.1 Å². The van der Waals surface area contributed by atoms with E-state index in [0.29, 0.717) is 41.0 Å². The van der Waals surface area contributed by atoms with Gasteiger partial charge in [0.2, 0.25) is 15.9 Å². The van der Waals surface area contributed by atoms with Crippen molar-refractivity contribution in [2.75, 3.05) is 43.5 Å². The molecule has 0 bridgehead atoms. The summed E-state index contributed by atoms with van der Waals surface area (Å²) in [5.74, 6) is 1.09. The average molecular weight is 543 g/mol. The molecule has 5 rings (SSSR count). The Morgan fingerprint density at radius 2 is 1.84 bits per heavy atom. The summed E-state index contributed by atoms with van der Waals surface area (Å²) < 4.78 is 32.9. The summed E-state index contributed by atoms with van der Waals surface area (Å²) in [5, 5.41) is 4.19. The van der Waals surface area contributed by atoms with Crippen molar-refractivity contribution >= 4 is 49.9 Å². The maximum atomic E-state index is 13.1. The number of halogens is 1. The van der Waals surface area contributed by atoms with Gasteiger partial charge in [-0.1, -0.05) is 18.0 Å². The highest BCUT2D eigenvalue weighted by Crippen LogP contribution is 2.30. The Kier molecular flexibility index (Phi) is 7.55. The minimum absolute atomic E-state index is 0.0562. The van der Waals surface area contributed by atoms with E-state index in [0.717, 1.165) is 55.4 Å². The van der Waals surface area contributed by atoms with Gasteiger partial charge in [-0.05, 0) is 74.2 Å². The number of anilines is 2. The molecule has 3 aromatic rings. The summed E-state index contributed by atoms with van der Waals surface area (Å²) in [4.78, 5) is 20.2. The van der Waals surface area contributed by atoms with Gasteiger partial charge in [0.15, 0.2) is 0 Å². The van der Waals surface area contributed by atoms with Crippen molar-refractivity contribution in [1.29, 1.82) is 0 Å². The molecule has 2 aromatic carbocycles. The SMILES string of the molecule is COc1ccc(NC(=O)[C@@H]2CCCN(c3ccc4cc(S(=O)(=O)N5CCCCC5)ccc4n3)C2)cc1Cl. The standard InChI is InChI=1S/C27H31ClN4O4S/c1-36-25-11-8-21(17-23(25)28)29-27(33)20-6-5-13-31(18-20)26-12-7-19-16-22(9-10-24(19)30-26)37(34,35)32-14-3-2-4-15-32/h7-12,16-17,20H,2-6,13-15,18H2,1H3,(H,29,33)/t20-/m1/s1. The first-order valence-electron chi connectivity index (χ1n) is 12.7. The van der Waals surface area contributed by atoms with Crippen LogP contribution >= 0.6 is 11.6 Å². The molecular formula is C27H31ClN4O4S. The summed E-state index contributed by atoms with van der Waals surface area (Å²) in [6.07, 6.45) is 4.54. The van der Waals surface area contributed by atoms with Gasteiger partial charge >= 0.3 is 0 Å². The molecule has 0 aliphatic carbocycles. The van der Waals surface area contributed by atoms with E-state index < -0.39 is 10.0 Å². The van der Waals surface area contributed by atoms with Crippen LogP contribution in [0.5, 0.6) is 5.75 Å². The molecule has 1 atom stereocenters. The molecule has 0 saturated carbocycles. The number of rotatable bonds is 6. The lowest BCUT2D eigenvalue weighted by atomic mass is 9.97. The predicted octanol–water partition coefficient (Wildman–Crippen LogP) is 4.93. The number of pyridine rings is 1. The molecule has 1 N–H and O–H groups in total. The highest BCUT2D eigenvalue weighted by Gasteiger charge is 2.28. The van der Waals surface area contributed by atoms with E-state index in [4.69, 9.17) is 21.3 Å². The number of nitrogens with zero attached hydrogens (tertiary/aromatic N) is 3. The zero-order valence-electron chi connectivity index (χ0n) is 20.8. The molecular weight excluding hydrogens is 512 g/mol. The van der Waals surface area contributed by atoms with Crippen molar-refractivity contribution in [3.63, 3.8) is 0 Å². The van der Waals surface area contributed by atoms with Crippen LogP contribution in [0.2, 0.25) is 5.02 Å². The quantitative estimate of drug-likeness (QED) is 0.475. The lowest BCUT2D eigenvalue weighted by Crippen LogP contribution is -2.41. The number of methoxy groups -OCH3 is 1. The molecule has 1 amide bonds. The largest absolute Gasteiger partial charge is 0.495 e. The van der Waals surface area contributed by atoms with Crippen molar-refractivity contribution in [3.8, 4) is 5.75 Å². The third-order valence-corrected chi connectivity index (χ3v) is 9.32. The summed E-state index contributed by atoms with van der Waals surface area (Å²) >= 11 is 6.20. The molecule has 3 heterocycles. The number of nitrogens with one attached hydrogen (secondary N) is 1. The number of benzene rings is 2. The number of amides is 1. The second-order valence-electron chi connectivity index (χ2n) is 9.61. The fourth-order valence-electron chi connectivity index (χ4n) is 5.07. The highest BCUT2D eigenvalue weighted by molar-refractivity contribution is 7.89. The van der Waals surface area contributed by atoms with Crippen molar-refractivity contribution in [3.05, 3.63) is 53.6 Å². The van der Waals surface area contributed by atoms with Gasteiger partial charge in [-0.3, -0.25) is 4.79 Å². The second-order valence-corrected chi connectivity index (χ2v) is 12.0. The van der Waals surface area contributed by atoms with Gasteiger partial charge in [0.05, 0.1) is 28.5 Å². The Balaban J connectivity index is 1.29. The Morgan fingerprint density at radius 3 is 2.59 bits per heavy atom. The monoisotopic (exact) mass is 542 g/mol. The highest BCUT2D eigenvalue weighted by atomic mass is 35.5. The first kappa shape index (κ1) is 25.8. The van der Waals surface area contributed by atoms with Crippen molar-refractivity contribution in [2.24, 2.45) is 5.92 Å². The molecule has 2 saturated heterocycles. The lowest BCUT2D eigenvalue weighted by Gasteiger charge is -2.33. The van der Waals surface area contributed by atoms with Gasteiger partial charge in [-0.15, -0.1) is 0 Å². The number of hydrogen-bond acceptors (Lipinski definition) is 6. The molecule has 196 valence electrons. The summed E-state index contributed by atoms with van der Waals surface area (Å²) in [6, 6.07) is 14.1. The number of sulfonamides is 1. The molecule has 0 unspecified atom stereocenters. The predicted molar refractivity (Wildman–Crippen MR) is 146 cm³/mol. The summed E-state index contributed by atoms with van der Waals surface area (Å²) in [6.45, 7) is 2.51. The molecule has 2 fully saturated rings.